The summed E-state index contributed by atoms with van der Waals surface area (Å²) in [6, 6.07) is 16.5. The van der Waals surface area contributed by atoms with Crippen molar-refractivity contribution in [2.45, 2.75) is 13.8 Å². The summed E-state index contributed by atoms with van der Waals surface area (Å²) in [5, 5.41) is 1.24. The second-order valence-corrected chi connectivity index (χ2v) is 7.38. The summed E-state index contributed by atoms with van der Waals surface area (Å²) < 4.78 is 16.5. The van der Waals surface area contributed by atoms with Gasteiger partial charge in [0.1, 0.15) is 17.2 Å². The molecule has 0 bridgehead atoms. The first-order chi connectivity index (χ1) is 14.5. The third-order valence-corrected chi connectivity index (χ3v) is 5.45. The number of aryl methyl sites for hydroxylation is 2. The number of esters is 2. The van der Waals surface area contributed by atoms with Crippen LogP contribution in [0.1, 0.15) is 22.3 Å². The number of methoxy groups -OCH3 is 1. The topological polar surface area (TPSA) is 61.8 Å². The van der Waals surface area contributed by atoms with Crippen LogP contribution in [-0.2, 0) is 9.59 Å². The monoisotopic (exact) mass is 398 g/mol. The average Bonchev–Trinajstić information content (AvgIpc) is 3.20. The summed E-state index contributed by atoms with van der Waals surface area (Å²) in [6.07, 6.45) is 0. The van der Waals surface area contributed by atoms with E-state index in [1.165, 1.54) is 0 Å². The van der Waals surface area contributed by atoms with Crippen molar-refractivity contribution in [1.82, 2.24) is 0 Å². The smallest absolute Gasteiger partial charge is 0.344 e. The Labute approximate surface area is 172 Å². The lowest BCUT2D eigenvalue weighted by molar-refractivity contribution is -0.128. The molecule has 0 saturated carbocycles. The van der Waals surface area contributed by atoms with E-state index in [1.807, 2.05) is 56.3 Å². The van der Waals surface area contributed by atoms with Crippen molar-refractivity contribution in [3.05, 3.63) is 87.3 Å². The number of carbonyl (C=O) groups excluding carboxylic acids is 2. The van der Waals surface area contributed by atoms with Crippen LogP contribution in [0.3, 0.4) is 0 Å². The predicted octanol–water partition coefficient (Wildman–Crippen LogP) is 2.55. The van der Waals surface area contributed by atoms with Gasteiger partial charge in [-0.3, -0.25) is 0 Å². The van der Waals surface area contributed by atoms with Gasteiger partial charge < -0.3 is 14.2 Å². The lowest BCUT2D eigenvalue weighted by Crippen LogP contribution is -2.11. The molecule has 0 unspecified atom stereocenters. The first kappa shape index (κ1) is 18.2. The van der Waals surface area contributed by atoms with Gasteiger partial charge in [-0.05, 0) is 60.4 Å². The molecule has 5 heteroatoms. The minimum absolute atomic E-state index is 0.413. The summed E-state index contributed by atoms with van der Waals surface area (Å²) >= 11 is 0. The van der Waals surface area contributed by atoms with E-state index in [0.29, 0.717) is 33.1 Å². The number of benzene rings is 3. The molecule has 3 aromatic rings. The Bertz CT molecular complexity index is 1340. The average molecular weight is 398 g/mol. The molecule has 148 valence electrons. The van der Waals surface area contributed by atoms with Crippen molar-refractivity contribution in [2.75, 3.05) is 7.11 Å². The largest absolute Gasteiger partial charge is 0.496 e. The molecule has 5 nitrogen and oxygen atoms in total. The van der Waals surface area contributed by atoms with E-state index in [1.54, 1.807) is 19.2 Å². The fourth-order valence-corrected chi connectivity index (χ4v) is 4.21. The van der Waals surface area contributed by atoms with Gasteiger partial charge in [0.15, 0.2) is 0 Å². The summed E-state index contributed by atoms with van der Waals surface area (Å²) in [5.41, 5.74) is 4.27. The zero-order valence-electron chi connectivity index (χ0n) is 16.7. The zero-order chi connectivity index (χ0) is 21.0. The molecule has 5 rings (SSSR count). The van der Waals surface area contributed by atoms with Crippen LogP contribution in [0.15, 0.2) is 54.6 Å². The van der Waals surface area contributed by atoms with Crippen LogP contribution in [0.25, 0.3) is 11.1 Å². The summed E-state index contributed by atoms with van der Waals surface area (Å²) in [5.74, 6) is 0.798. The molecule has 0 atom stereocenters. The molecular formula is C25H18O5. The maximum absolute atomic E-state index is 12.7. The molecule has 2 heterocycles. The normalized spacial score (nSPS) is 14.4. The van der Waals surface area contributed by atoms with Gasteiger partial charge in [-0.1, -0.05) is 30.3 Å². The van der Waals surface area contributed by atoms with Gasteiger partial charge in [0.05, 0.1) is 18.3 Å². The Morgan fingerprint density at radius 3 is 1.70 bits per heavy atom. The van der Waals surface area contributed by atoms with Crippen molar-refractivity contribution in [3.8, 4) is 17.2 Å². The number of rotatable bonds is 3. The van der Waals surface area contributed by atoms with Gasteiger partial charge in [0.25, 0.3) is 0 Å². The summed E-state index contributed by atoms with van der Waals surface area (Å²) in [7, 11) is 1.62. The molecule has 0 amide bonds. The maximum Gasteiger partial charge on any atom is 0.344 e. The van der Waals surface area contributed by atoms with Crippen LogP contribution in [-0.4, -0.2) is 19.0 Å². The van der Waals surface area contributed by atoms with E-state index in [4.69, 9.17) is 14.2 Å². The number of hydrogen-bond acceptors (Lipinski definition) is 5. The molecule has 0 saturated heterocycles. The van der Waals surface area contributed by atoms with Gasteiger partial charge in [0.2, 0.25) is 0 Å². The quantitative estimate of drug-likeness (QED) is 0.501. The Kier molecular flexibility index (Phi) is 4.00. The molecule has 2 aliphatic heterocycles. The predicted molar refractivity (Wildman–Crippen MR) is 111 cm³/mol. The van der Waals surface area contributed by atoms with Crippen molar-refractivity contribution in [3.63, 3.8) is 0 Å². The number of fused-ring (bicyclic) bond motifs is 2. The van der Waals surface area contributed by atoms with Gasteiger partial charge in [-0.15, -0.1) is 0 Å². The van der Waals surface area contributed by atoms with Crippen molar-refractivity contribution >= 4 is 23.1 Å². The lowest BCUT2D eigenvalue weighted by Gasteiger charge is -2.11. The highest BCUT2D eigenvalue weighted by Gasteiger charge is 2.30. The molecule has 2 aliphatic rings. The first-order valence-electron chi connectivity index (χ1n) is 9.56. The SMILES string of the molecule is COc1c(C)cc(C2=c3cc4c(cc3OC2=O)=C(c2ccccc2)C(=O)O4)cc1C. The van der Waals surface area contributed by atoms with E-state index in [9.17, 15) is 9.59 Å². The van der Waals surface area contributed by atoms with Crippen LogP contribution in [0.2, 0.25) is 0 Å². The highest BCUT2D eigenvalue weighted by molar-refractivity contribution is 6.21. The maximum atomic E-state index is 12.7. The molecule has 0 aliphatic carbocycles. The van der Waals surface area contributed by atoms with Crippen LogP contribution < -0.4 is 24.6 Å². The Balaban J connectivity index is 1.77. The Hall–Kier alpha value is -3.86. The van der Waals surface area contributed by atoms with Crippen LogP contribution in [0.4, 0.5) is 0 Å². The lowest BCUT2D eigenvalue weighted by atomic mass is 9.98. The van der Waals surface area contributed by atoms with Crippen molar-refractivity contribution in [2.24, 2.45) is 0 Å². The molecule has 30 heavy (non-hydrogen) atoms. The summed E-state index contributed by atoms with van der Waals surface area (Å²) in [6.45, 7) is 3.87. The van der Waals surface area contributed by atoms with E-state index in [-0.39, 0.29) is 0 Å². The molecule has 0 fully saturated rings. The molecule has 0 spiro atoms. The second kappa shape index (κ2) is 6.59. The van der Waals surface area contributed by atoms with Crippen LogP contribution in [0, 0.1) is 13.8 Å². The highest BCUT2D eigenvalue weighted by Crippen LogP contribution is 2.31. The Morgan fingerprint density at radius 1 is 0.700 bits per heavy atom. The first-order valence-corrected chi connectivity index (χ1v) is 9.56. The minimum Gasteiger partial charge on any atom is -0.496 e. The van der Waals surface area contributed by atoms with Crippen LogP contribution >= 0.6 is 0 Å². The number of ether oxygens (including phenoxy) is 3. The highest BCUT2D eigenvalue weighted by atomic mass is 16.5. The summed E-state index contributed by atoms with van der Waals surface area (Å²) in [4.78, 5) is 25.3. The van der Waals surface area contributed by atoms with Crippen molar-refractivity contribution < 1.29 is 23.8 Å². The van der Waals surface area contributed by atoms with E-state index in [2.05, 4.69) is 0 Å². The van der Waals surface area contributed by atoms with Crippen LogP contribution in [0.5, 0.6) is 17.2 Å². The number of hydrogen-bond donors (Lipinski definition) is 0. The third kappa shape index (κ3) is 2.63. The van der Waals surface area contributed by atoms with E-state index in [0.717, 1.165) is 28.0 Å². The zero-order valence-corrected chi connectivity index (χ0v) is 16.7. The fourth-order valence-electron chi connectivity index (χ4n) is 4.21. The third-order valence-electron chi connectivity index (χ3n) is 5.45. The molecule has 0 radical (unpaired) electrons. The van der Waals surface area contributed by atoms with Gasteiger partial charge in [-0.2, -0.15) is 0 Å². The standard InChI is InChI=1S/C25H18O5/c1-13-9-16(10-14(2)23(13)28-3)22-18-12-19-17(11-20(18)30-25(22)27)21(24(26)29-19)15-7-5-4-6-8-15/h4-12H,1-3H3. The Morgan fingerprint density at radius 2 is 1.20 bits per heavy atom. The molecule has 0 aromatic heterocycles. The second-order valence-electron chi connectivity index (χ2n) is 7.38. The molecule has 0 N–H and O–H groups in total. The molecule has 3 aromatic carbocycles. The minimum atomic E-state index is -0.426. The van der Waals surface area contributed by atoms with Crippen molar-refractivity contribution in [1.29, 1.82) is 0 Å². The van der Waals surface area contributed by atoms with E-state index >= 15 is 0 Å². The van der Waals surface area contributed by atoms with E-state index < -0.39 is 11.9 Å². The molecular weight excluding hydrogens is 380 g/mol. The van der Waals surface area contributed by atoms with Gasteiger partial charge >= 0.3 is 11.9 Å². The number of carbonyl (C=O) groups is 2. The van der Waals surface area contributed by atoms with Gasteiger partial charge in [-0.25, -0.2) is 9.59 Å². The fraction of sp³-hybridized carbons (Fsp3) is 0.120. The van der Waals surface area contributed by atoms with Gasteiger partial charge in [0, 0.05) is 10.4 Å².